The largest absolute Gasteiger partial charge is 0.376 e. The summed E-state index contributed by atoms with van der Waals surface area (Å²) in [4.78, 5) is 11.3. The molecule has 18 heavy (non-hydrogen) atoms. The van der Waals surface area contributed by atoms with Crippen LogP contribution in [0.3, 0.4) is 0 Å². The number of hydrogen-bond acceptors (Lipinski definition) is 3. The molecule has 0 aromatic carbocycles. The number of ether oxygens (including phenoxy) is 1. The quantitative estimate of drug-likeness (QED) is 0.760. The topological polar surface area (TPSA) is 64.3 Å². The van der Waals surface area contributed by atoms with E-state index >= 15 is 0 Å². The Morgan fingerprint density at radius 3 is 2.50 bits per heavy atom. The van der Waals surface area contributed by atoms with Crippen molar-refractivity contribution in [2.75, 3.05) is 6.61 Å². The lowest BCUT2D eigenvalue weighted by Crippen LogP contribution is -2.48. The van der Waals surface area contributed by atoms with Crippen molar-refractivity contribution in [2.24, 2.45) is 17.6 Å². The van der Waals surface area contributed by atoms with Crippen molar-refractivity contribution >= 4 is 5.91 Å². The number of rotatable bonds is 6. The fourth-order valence-corrected chi connectivity index (χ4v) is 2.50. The van der Waals surface area contributed by atoms with Gasteiger partial charge in [-0.1, -0.05) is 27.7 Å². The van der Waals surface area contributed by atoms with Crippen LogP contribution in [0.1, 0.15) is 47.0 Å². The zero-order valence-corrected chi connectivity index (χ0v) is 12.1. The lowest BCUT2D eigenvalue weighted by molar-refractivity contribution is -0.122. The number of hydrogen-bond donors (Lipinski definition) is 2. The van der Waals surface area contributed by atoms with Crippen molar-refractivity contribution in [1.29, 1.82) is 0 Å². The van der Waals surface area contributed by atoms with Gasteiger partial charge >= 0.3 is 0 Å². The van der Waals surface area contributed by atoms with Gasteiger partial charge in [0.1, 0.15) is 6.04 Å². The van der Waals surface area contributed by atoms with E-state index < -0.39 is 0 Å². The molecule has 4 nitrogen and oxygen atoms in total. The van der Waals surface area contributed by atoms with Gasteiger partial charge in [0.05, 0.1) is 12.7 Å². The minimum absolute atomic E-state index is 0.233. The first-order valence-electron chi connectivity index (χ1n) is 7.07. The van der Waals surface area contributed by atoms with Crippen LogP contribution in [0.25, 0.3) is 0 Å². The summed E-state index contributed by atoms with van der Waals surface area (Å²) in [6.07, 6.45) is 3.68. The van der Waals surface area contributed by atoms with Crippen molar-refractivity contribution in [1.82, 2.24) is 5.32 Å². The second-order valence-electron chi connectivity index (χ2n) is 6.00. The Balaban J connectivity index is 2.36. The van der Waals surface area contributed by atoms with Crippen molar-refractivity contribution in [3.63, 3.8) is 0 Å². The van der Waals surface area contributed by atoms with Gasteiger partial charge in [0.2, 0.25) is 5.91 Å². The average Bonchev–Trinajstić information content (AvgIpc) is 2.28. The predicted molar refractivity (Wildman–Crippen MR) is 73.2 cm³/mol. The SMILES string of the molecule is CC(C)NC(COC1CCC(C)C(C)C1)C(N)=O. The number of carbonyl (C=O) groups is 1. The molecule has 0 bridgehead atoms. The molecule has 3 N–H and O–H groups in total. The van der Waals surface area contributed by atoms with Gasteiger partial charge in [0, 0.05) is 6.04 Å². The maximum atomic E-state index is 11.3. The van der Waals surface area contributed by atoms with Crippen LogP contribution < -0.4 is 11.1 Å². The molecule has 1 rings (SSSR count). The Morgan fingerprint density at radius 1 is 1.33 bits per heavy atom. The molecule has 0 aliphatic heterocycles. The molecule has 1 aliphatic carbocycles. The van der Waals surface area contributed by atoms with E-state index in [0.29, 0.717) is 12.5 Å². The molecule has 0 aromatic rings. The third-order valence-electron chi connectivity index (χ3n) is 3.93. The first kappa shape index (κ1) is 15.4. The van der Waals surface area contributed by atoms with E-state index in [9.17, 15) is 4.79 Å². The Hall–Kier alpha value is -0.610. The zero-order chi connectivity index (χ0) is 13.7. The van der Waals surface area contributed by atoms with Crippen LogP contribution in [0.15, 0.2) is 0 Å². The number of carbonyl (C=O) groups excluding carboxylic acids is 1. The average molecular weight is 256 g/mol. The van der Waals surface area contributed by atoms with E-state index in [1.165, 1.54) is 6.42 Å². The van der Waals surface area contributed by atoms with E-state index in [1.54, 1.807) is 0 Å². The summed E-state index contributed by atoms with van der Waals surface area (Å²) >= 11 is 0. The number of amides is 1. The van der Waals surface area contributed by atoms with Gasteiger partial charge in [-0.15, -0.1) is 0 Å². The minimum atomic E-state index is -0.375. The van der Waals surface area contributed by atoms with E-state index in [1.807, 2.05) is 13.8 Å². The first-order valence-corrected chi connectivity index (χ1v) is 7.07. The summed E-state index contributed by atoms with van der Waals surface area (Å²) in [6.45, 7) is 8.96. The Labute approximate surface area is 111 Å². The molecular weight excluding hydrogens is 228 g/mol. The molecular formula is C14H28N2O2. The molecule has 1 amide bonds. The highest BCUT2D eigenvalue weighted by atomic mass is 16.5. The fourth-order valence-electron chi connectivity index (χ4n) is 2.50. The Bertz CT molecular complexity index is 269. The highest BCUT2D eigenvalue weighted by Gasteiger charge is 2.26. The molecule has 1 saturated carbocycles. The zero-order valence-electron chi connectivity index (χ0n) is 12.1. The summed E-state index contributed by atoms with van der Waals surface area (Å²) in [5.41, 5.74) is 5.37. The third-order valence-corrected chi connectivity index (χ3v) is 3.93. The van der Waals surface area contributed by atoms with Gasteiger partial charge in [0.15, 0.2) is 0 Å². The van der Waals surface area contributed by atoms with E-state index in [4.69, 9.17) is 10.5 Å². The van der Waals surface area contributed by atoms with Crippen LogP contribution in [0.2, 0.25) is 0 Å². The maximum absolute atomic E-state index is 11.3. The van der Waals surface area contributed by atoms with Gasteiger partial charge in [-0.3, -0.25) is 4.79 Å². The van der Waals surface area contributed by atoms with Gasteiger partial charge < -0.3 is 15.8 Å². The van der Waals surface area contributed by atoms with Crippen LogP contribution in [0.5, 0.6) is 0 Å². The summed E-state index contributed by atoms with van der Waals surface area (Å²) in [6, 6.07) is -0.143. The highest BCUT2D eigenvalue weighted by Crippen LogP contribution is 2.30. The van der Waals surface area contributed by atoms with E-state index in [2.05, 4.69) is 19.2 Å². The van der Waals surface area contributed by atoms with Gasteiger partial charge in [-0.2, -0.15) is 0 Å². The maximum Gasteiger partial charge on any atom is 0.236 e. The monoisotopic (exact) mass is 256 g/mol. The molecule has 1 aliphatic rings. The number of primary amides is 1. The fraction of sp³-hybridized carbons (Fsp3) is 0.929. The summed E-state index contributed by atoms with van der Waals surface area (Å²) in [5.74, 6) is 1.15. The number of nitrogens with one attached hydrogen (secondary N) is 1. The van der Waals surface area contributed by atoms with Gasteiger partial charge in [-0.05, 0) is 31.1 Å². The standard InChI is InChI=1S/C14H28N2O2/c1-9(2)16-13(14(15)17)8-18-12-6-5-10(3)11(4)7-12/h9-13,16H,5-8H2,1-4H3,(H2,15,17). The predicted octanol–water partition coefficient (Wildman–Crippen LogP) is 1.68. The molecule has 0 radical (unpaired) electrons. The second-order valence-corrected chi connectivity index (χ2v) is 6.00. The van der Waals surface area contributed by atoms with E-state index in [-0.39, 0.29) is 24.1 Å². The molecule has 0 saturated heterocycles. The van der Waals surface area contributed by atoms with E-state index in [0.717, 1.165) is 18.8 Å². The minimum Gasteiger partial charge on any atom is -0.376 e. The molecule has 4 unspecified atom stereocenters. The molecule has 106 valence electrons. The molecule has 0 heterocycles. The van der Waals surface area contributed by atoms with Crippen LogP contribution >= 0.6 is 0 Å². The van der Waals surface area contributed by atoms with Crippen LogP contribution in [-0.2, 0) is 9.53 Å². The third kappa shape index (κ3) is 4.94. The highest BCUT2D eigenvalue weighted by molar-refractivity contribution is 5.80. The van der Waals surface area contributed by atoms with Crippen molar-refractivity contribution in [3.05, 3.63) is 0 Å². The van der Waals surface area contributed by atoms with Gasteiger partial charge in [0.25, 0.3) is 0 Å². The van der Waals surface area contributed by atoms with Crippen LogP contribution in [0.4, 0.5) is 0 Å². The van der Waals surface area contributed by atoms with Gasteiger partial charge in [-0.25, -0.2) is 0 Å². The molecule has 0 aromatic heterocycles. The lowest BCUT2D eigenvalue weighted by Gasteiger charge is -2.32. The van der Waals surface area contributed by atoms with Crippen molar-refractivity contribution in [3.8, 4) is 0 Å². The van der Waals surface area contributed by atoms with Crippen LogP contribution in [-0.4, -0.2) is 30.7 Å². The molecule has 4 heteroatoms. The lowest BCUT2D eigenvalue weighted by atomic mass is 9.80. The summed E-state index contributed by atoms with van der Waals surface area (Å²) in [7, 11) is 0. The Kier molecular flexibility index (Phi) is 6.09. The molecule has 1 fully saturated rings. The molecule has 0 spiro atoms. The normalized spacial score (nSPS) is 30.4. The second kappa shape index (κ2) is 7.10. The Morgan fingerprint density at radius 2 is 2.00 bits per heavy atom. The summed E-state index contributed by atoms with van der Waals surface area (Å²) in [5, 5.41) is 3.14. The number of nitrogens with two attached hydrogens (primary N) is 1. The summed E-state index contributed by atoms with van der Waals surface area (Å²) < 4.78 is 5.86. The van der Waals surface area contributed by atoms with Crippen LogP contribution in [0, 0.1) is 11.8 Å². The van der Waals surface area contributed by atoms with Crippen molar-refractivity contribution < 1.29 is 9.53 Å². The molecule has 4 atom stereocenters. The first-order chi connectivity index (χ1) is 8.40. The van der Waals surface area contributed by atoms with Crippen molar-refractivity contribution in [2.45, 2.75) is 65.1 Å². The smallest absolute Gasteiger partial charge is 0.236 e.